The second-order valence-corrected chi connectivity index (χ2v) is 8.38. The second kappa shape index (κ2) is 13.8. The minimum Gasteiger partial charge on any atom is -0.469 e. The van der Waals surface area contributed by atoms with Crippen LogP contribution >= 0.6 is 24.0 Å². The molecule has 32 heavy (non-hydrogen) atoms. The van der Waals surface area contributed by atoms with Crippen LogP contribution in [-0.2, 0) is 17.7 Å². The minimum absolute atomic E-state index is 0. The molecule has 0 atom stereocenters. The number of furan rings is 1. The molecule has 2 aromatic heterocycles. The average molecular weight is 556 g/mol. The zero-order valence-corrected chi connectivity index (χ0v) is 21.2. The molecule has 1 aliphatic heterocycles. The molecule has 4 rings (SSSR count). The van der Waals surface area contributed by atoms with Crippen LogP contribution < -0.4 is 10.6 Å². The van der Waals surface area contributed by atoms with Gasteiger partial charge in [-0.1, -0.05) is 12.8 Å². The van der Waals surface area contributed by atoms with Gasteiger partial charge in [0.2, 0.25) is 0 Å². The van der Waals surface area contributed by atoms with Gasteiger partial charge in [-0.15, -0.1) is 24.0 Å². The first kappa shape index (κ1) is 25.0. The van der Waals surface area contributed by atoms with Crippen LogP contribution in [0.25, 0.3) is 0 Å². The van der Waals surface area contributed by atoms with Gasteiger partial charge in [-0.3, -0.25) is 9.58 Å². The zero-order chi connectivity index (χ0) is 21.1. The van der Waals surface area contributed by atoms with Crippen LogP contribution in [0.15, 0.2) is 40.1 Å². The molecule has 0 spiro atoms. The molecule has 1 aliphatic carbocycles. The molecule has 0 radical (unpaired) electrons. The first-order chi connectivity index (χ1) is 15.4. The summed E-state index contributed by atoms with van der Waals surface area (Å²) in [4.78, 5) is 7.25. The molecule has 1 saturated carbocycles. The molecule has 9 heteroatoms. The fraction of sp³-hybridized carbons (Fsp3) is 0.652. The lowest BCUT2D eigenvalue weighted by atomic mass is 10.3. The highest BCUT2D eigenvalue weighted by atomic mass is 127. The van der Waals surface area contributed by atoms with Gasteiger partial charge in [0.1, 0.15) is 5.76 Å². The standard InChI is InChI=1S/C23H36N6O2.HI/c1-2-6-21(5-1)29-13-9-20(27-29)19-26-23(25-11-8-22-7-3-16-31-22)24-10-4-12-28-14-17-30-18-15-28;/h3,7,9,13,16,21H,1-2,4-6,8,10-12,14-15,17-19H2,(H2,24,25,26);1H. The maximum Gasteiger partial charge on any atom is 0.191 e. The number of rotatable bonds is 10. The molecule has 0 aromatic carbocycles. The van der Waals surface area contributed by atoms with Gasteiger partial charge in [-0.25, -0.2) is 4.99 Å². The van der Waals surface area contributed by atoms with Crippen molar-refractivity contribution in [2.24, 2.45) is 4.99 Å². The van der Waals surface area contributed by atoms with E-state index in [9.17, 15) is 0 Å². The number of aromatic nitrogens is 2. The maximum absolute atomic E-state index is 5.43. The number of nitrogens with one attached hydrogen (secondary N) is 2. The van der Waals surface area contributed by atoms with Crippen LogP contribution in [0.4, 0.5) is 0 Å². The quantitative estimate of drug-likeness (QED) is 0.203. The molecule has 2 aliphatic rings. The third-order valence-corrected chi connectivity index (χ3v) is 6.05. The van der Waals surface area contributed by atoms with E-state index < -0.39 is 0 Å². The third-order valence-electron chi connectivity index (χ3n) is 6.05. The number of guanidine groups is 1. The number of hydrogen-bond donors (Lipinski definition) is 2. The van der Waals surface area contributed by atoms with E-state index >= 15 is 0 Å². The normalized spacial score (nSPS) is 17.9. The van der Waals surface area contributed by atoms with Crippen molar-refractivity contribution in [1.29, 1.82) is 0 Å². The van der Waals surface area contributed by atoms with Crippen LogP contribution in [0.1, 0.15) is 49.6 Å². The predicted molar refractivity (Wildman–Crippen MR) is 137 cm³/mol. The number of hydrogen-bond acceptors (Lipinski definition) is 5. The van der Waals surface area contributed by atoms with Crippen LogP contribution in [0.5, 0.6) is 0 Å². The summed E-state index contributed by atoms with van der Waals surface area (Å²) in [6.07, 6.45) is 10.9. The Bertz CT molecular complexity index is 782. The predicted octanol–water partition coefficient (Wildman–Crippen LogP) is 3.21. The summed E-state index contributed by atoms with van der Waals surface area (Å²) in [7, 11) is 0. The Balaban J connectivity index is 0.00000289. The SMILES string of the molecule is I.c1coc(CCNC(=NCc2ccn(C3CCCC3)n2)NCCCN2CCOCC2)c1. The first-order valence-electron chi connectivity index (χ1n) is 11.8. The first-order valence-corrected chi connectivity index (χ1v) is 11.8. The molecular weight excluding hydrogens is 519 g/mol. The number of ether oxygens (including phenoxy) is 1. The van der Waals surface area contributed by atoms with Crippen LogP contribution in [0, 0.1) is 0 Å². The van der Waals surface area contributed by atoms with Gasteiger partial charge in [0.05, 0.1) is 37.8 Å². The van der Waals surface area contributed by atoms with Gasteiger partial charge < -0.3 is 19.8 Å². The molecule has 0 amide bonds. The molecule has 1 saturated heterocycles. The summed E-state index contributed by atoms with van der Waals surface area (Å²) in [5.74, 6) is 1.82. The number of morpholine rings is 1. The lowest BCUT2D eigenvalue weighted by Crippen LogP contribution is -2.41. The van der Waals surface area contributed by atoms with Crippen molar-refractivity contribution in [2.45, 2.75) is 51.1 Å². The molecule has 0 unspecified atom stereocenters. The van der Waals surface area contributed by atoms with E-state index in [2.05, 4.69) is 32.5 Å². The third kappa shape index (κ3) is 8.08. The van der Waals surface area contributed by atoms with Crippen LogP contribution in [0.3, 0.4) is 0 Å². The molecule has 2 N–H and O–H groups in total. The lowest BCUT2D eigenvalue weighted by Gasteiger charge is -2.26. The second-order valence-electron chi connectivity index (χ2n) is 8.38. The monoisotopic (exact) mass is 556 g/mol. The molecular formula is C23H37IN6O2. The summed E-state index contributed by atoms with van der Waals surface area (Å²) >= 11 is 0. The van der Waals surface area contributed by atoms with E-state index in [4.69, 9.17) is 19.2 Å². The highest BCUT2D eigenvalue weighted by Crippen LogP contribution is 2.28. The van der Waals surface area contributed by atoms with Crippen molar-refractivity contribution in [3.05, 3.63) is 42.1 Å². The average Bonchev–Trinajstić information content (AvgIpc) is 3.57. The summed E-state index contributed by atoms with van der Waals surface area (Å²) in [6.45, 7) is 7.10. The Kier molecular flexibility index (Phi) is 10.8. The van der Waals surface area contributed by atoms with E-state index in [0.29, 0.717) is 12.6 Å². The van der Waals surface area contributed by atoms with Crippen molar-refractivity contribution < 1.29 is 9.15 Å². The summed E-state index contributed by atoms with van der Waals surface area (Å²) in [5, 5.41) is 11.7. The molecule has 8 nitrogen and oxygen atoms in total. The summed E-state index contributed by atoms with van der Waals surface area (Å²) < 4.78 is 13.0. The molecule has 3 heterocycles. The Labute approximate surface area is 208 Å². The summed E-state index contributed by atoms with van der Waals surface area (Å²) in [6, 6.07) is 6.60. The smallest absolute Gasteiger partial charge is 0.191 e. The Morgan fingerprint density at radius 1 is 1.12 bits per heavy atom. The Hall–Kier alpha value is -1.59. The van der Waals surface area contributed by atoms with Crippen molar-refractivity contribution in [3.63, 3.8) is 0 Å². The van der Waals surface area contributed by atoms with Gasteiger partial charge in [0, 0.05) is 38.8 Å². The van der Waals surface area contributed by atoms with E-state index in [1.165, 1.54) is 25.7 Å². The minimum atomic E-state index is 0. The fourth-order valence-electron chi connectivity index (χ4n) is 4.26. The number of nitrogens with zero attached hydrogens (tertiary/aromatic N) is 4. The van der Waals surface area contributed by atoms with E-state index in [-0.39, 0.29) is 24.0 Å². The van der Waals surface area contributed by atoms with Gasteiger partial charge in [-0.05, 0) is 44.0 Å². The highest BCUT2D eigenvalue weighted by Gasteiger charge is 2.17. The van der Waals surface area contributed by atoms with Crippen molar-refractivity contribution in [2.75, 3.05) is 45.9 Å². The van der Waals surface area contributed by atoms with Crippen LogP contribution in [-0.4, -0.2) is 66.6 Å². The van der Waals surface area contributed by atoms with Crippen molar-refractivity contribution in [1.82, 2.24) is 25.3 Å². The topological polar surface area (TPSA) is 79.8 Å². The highest BCUT2D eigenvalue weighted by molar-refractivity contribution is 14.0. The van der Waals surface area contributed by atoms with Crippen molar-refractivity contribution in [3.8, 4) is 0 Å². The van der Waals surface area contributed by atoms with Crippen molar-refractivity contribution >= 4 is 29.9 Å². The van der Waals surface area contributed by atoms with Gasteiger partial charge >= 0.3 is 0 Å². The summed E-state index contributed by atoms with van der Waals surface area (Å²) in [5.41, 5.74) is 1.02. The molecule has 178 valence electrons. The largest absolute Gasteiger partial charge is 0.469 e. The lowest BCUT2D eigenvalue weighted by molar-refractivity contribution is 0.0376. The van der Waals surface area contributed by atoms with Gasteiger partial charge in [0.15, 0.2) is 5.96 Å². The molecule has 2 aromatic rings. The van der Waals surface area contributed by atoms with E-state index in [0.717, 1.165) is 76.2 Å². The Morgan fingerprint density at radius 2 is 1.94 bits per heavy atom. The van der Waals surface area contributed by atoms with Gasteiger partial charge in [0.25, 0.3) is 0 Å². The molecule has 0 bridgehead atoms. The van der Waals surface area contributed by atoms with Crippen LogP contribution in [0.2, 0.25) is 0 Å². The molecule has 2 fully saturated rings. The number of aliphatic imine (C=N–C) groups is 1. The maximum atomic E-state index is 5.43. The van der Waals surface area contributed by atoms with Gasteiger partial charge in [-0.2, -0.15) is 5.10 Å². The van der Waals surface area contributed by atoms with E-state index in [1.807, 2.05) is 12.1 Å². The Morgan fingerprint density at radius 3 is 2.72 bits per heavy atom. The van der Waals surface area contributed by atoms with E-state index in [1.54, 1.807) is 6.26 Å². The zero-order valence-electron chi connectivity index (χ0n) is 18.9. The number of halogens is 1. The fourth-order valence-corrected chi connectivity index (χ4v) is 4.26.